The van der Waals surface area contributed by atoms with Crippen LogP contribution in [0.5, 0.6) is 0 Å². The van der Waals surface area contributed by atoms with Gasteiger partial charge in [-0.15, -0.1) is 0 Å². The van der Waals surface area contributed by atoms with Crippen molar-refractivity contribution in [1.82, 2.24) is 0 Å². The van der Waals surface area contributed by atoms with Gasteiger partial charge in [-0.25, -0.2) is 4.39 Å². The van der Waals surface area contributed by atoms with Crippen LogP contribution in [0.3, 0.4) is 0 Å². The average molecular weight is 213 g/mol. The predicted octanol–water partition coefficient (Wildman–Crippen LogP) is 3.08. The highest BCUT2D eigenvalue weighted by atomic mass is 35.5. The van der Waals surface area contributed by atoms with Crippen LogP contribution in [0.15, 0.2) is 23.2 Å². The molecule has 1 heterocycles. The molecule has 0 amide bonds. The number of nitrogens with one attached hydrogen (secondary N) is 1. The second-order valence-electron chi connectivity index (χ2n) is 3.16. The van der Waals surface area contributed by atoms with Gasteiger partial charge in [0.15, 0.2) is 5.82 Å². The highest BCUT2D eigenvalue weighted by Gasteiger charge is 2.10. The third-order valence-electron chi connectivity index (χ3n) is 2.10. The molecule has 4 heteroatoms. The van der Waals surface area contributed by atoms with Crippen LogP contribution in [0.2, 0.25) is 5.02 Å². The Labute approximate surface area is 86.8 Å². The van der Waals surface area contributed by atoms with Crippen molar-refractivity contribution in [1.29, 1.82) is 0 Å². The first-order valence-corrected chi connectivity index (χ1v) is 4.89. The Hall–Kier alpha value is -1.09. The van der Waals surface area contributed by atoms with Crippen molar-refractivity contribution in [2.75, 3.05) is 11.9 Å². The summed E-state index contributed by atoms with van der Waals surface area (Å²) >= 11 is 5.64. The molecular weight excluding hydrogens is 203 g/mol. The van der Waals surface area contributed by atoms with Crippen LogP contribution in [0.1, 0.15) is 12.8 Å². The Bertz CT molecular complexity index is 376. The molecule has 2 nitrogen and oxygen atoms in total. The summed E-state index contributed by atoms with van der Waals surface area (Å²) in [6.07, 6.45) is 1.91. The summed E-state index contributed by atoms with van der Waals surface area (Å²) in [5.41, 5.74) is 0.401. The molecule has 1 aromatic carbocycles. The van der Waals surface area contributed by atoms with E-state index in [4.69, 9.17) is 11.6 Å². The molecule has 14 heavy (non-hydrogen) atoms. The molecule has 1 aromatic rings. The van der Waals surface area contributed by atoms with E-state index in [0.717, 1.165) is 25.2 Å². The van der Waals surface area contributed by atoms with Crippen molar-refractivity contribution in [2.45, 2.75) is 12.8 Å². The highest BCUT2D eigenvalue weighted by Crippen LogP contribution is 2.22. The van der Waals surface area contributed by atoms with Crippen molar-refractivity contribution >= 4 is 23.1 Å². The van der Waals surface area contributed by atoms with Gasteiger partial charge in [0, 0.05) is 13.0 Å². The number of halogens is 2. The van der Waals surface area contributed by atoms with Gasteiger partial charge in [-0.1, -0.05) is 17.7 Å². The quantitative estimate of drug-likeness (QED) is 0.760. The molecule has 0 atom stereocenters. The lowest BCUT2D eigenvalue weighted by atomic mass is 10.3. The van der Waals surface area contributed by atoms with E-state index >= 15 is 0 Å². The van der Waals surface area contributed by atoms with Gasteiger partial charge in [-0.05, 0) is 18.6 Å². The van der Waals surface area contributed by atoms with Gasteiger partial charge >= 0.3 is 0 Å². The molecular formula is C10H10ClFN2. The van der Waals surface area contributed by atoms with E-state index in [1.54, 1.807) is 12.1 Å². The minimum Gasteiger partial charge on any atom is -0.342 e. The molecule has 0 bridgehead atoms. The van der Waals surface area contributed by atoms with Crippen LogP contribution in [0.25, 0.3) is 0 Å². The first-order valence-electron chi connectivity index (χ1n) is 4.52. The first-order chi connectivity index (χ1) is 6.77. The van der Waals surface area contributed by atoms with Gasteiger partial charge in [0.25, 0.3) is 0 Å². The smallest absolute Gasteiger partial charge is 0.165 e. The molecule has 1 N–H and O–H groups in total. The average Bonchev–Trinajstić information content (AvgIpc) is 2.66. The van der Waals surface area contributed by atoms with E-state index in [1.165, 1.54) is 6.07 Å². The summed E-state index contributed by atoms with van der Waals surface area (Å²) in [7, 11) is 0. The number of hydrogen-bond acceptors (Lipinski definition) is 2. The third-order valence-corrected chi connectivity index (χ3v) is 2.40. The van der Waals surface area contributed by atoms with Crippen LogP contribution < -0.4 is 5.32 Å². The zero-order valence-corrected chi connectivity index (χ0v) is 8.31. The van der Waals surface area contributed by atoms with Gasteiger partial charge in [0.05, 0.1) is 10.7 Å². The number of benzene rings is 1. The molecule has 74 valence electrons. The maximum Gasteiger partial charge on any atom is 0.165 e. The second kappa shape index (κ2) is 3.96. The Balaban J connectivity index is 2.20. The molecule has 0 unspecified atom stereocenters. The molecule has 0 aliphatic carbocycles. The van der Waals surface area contributed by atoms with E-state index in [1.807, 2.05) is 0 Å². The van der Waals surface area contributed by atoms with Crippen molar-refractivity contribution in [2.24, 2.45) is 4.99 Å². The van der Waals surface area contributed by atoms with Crippen LogP contribution in [0.4, 0.5) is 10.1 Å². The van der Waals surface area contributed by atoms with Crippen LogP contribution in [-0.2, 0) is 0 Å². The molecule has 0 aromatic heterocycles. The zero-order chi connectivity index (χ0) is 9.97. The van der Waals surface area contributed by atoms with Crippen molar-refractivity contribution < 1.29 is 4.39 Å². The van der Waals surface area contributed by atoms with Crippen molar-refractivity contribution in [3.8, 4) is 0 Å². The third kappa shape index (κ3) is 1.87. The van der Waals surface area contributed by atoms with Gasteiger partial charge < -0.3 is 5.32 Å². The predicted molar refractivity (Wildman–Crippen MR) is 56.6 cm³/mol. The molecule has 2 rings (SSSR count). The molecule has 0 saturated heterocycles. The summed E-state index contributed by atoms with van der Waals surface area (Å²) in [6, 6.07) is 4.89. The number of nitrogens with zero attached hydrogens (tertiary/aromatic N) is 1. The normalized spacial score (nSPS) is 15.4. The minimum absolute atomic E-state index is 0.133. The molecule has 0 radical (unpaired) electrons. The first kappa shape index (κ1) is 9.46. The van der Waals surface area contributed by atoms with E-state index in [0.29, 0.717) is 5.69 Å². The SMILES string of the molecule is Fc1c(Cl)cccc1NC1=NCCC1. The van der Waals surface area contributed by atoms with E-state index < -0.39 is 5.82 Å². The minimum atomic E-state index is -0.413. The number of anilines is 1. The van der Waals surface area contributed by atoms with Gasteiger partial charge in [-0.2, -0.15) is 0 Å². The Morgan fingerprint density at radius 3 is 3.00 bits per heavy atom. The monoisotopic (exact) mass is 212 g/mol. The summed E-state index contributed by atoms with van der Waals surface area (Å²) in [5, 5.41) is 3.07. The van der Waals surface area contributed by atoms with E-state index in [2.05, 4.69) is 10.3 Å². The summed E-state index contributed by atoms with van der Waals surface area (Å²) < 4.78 is 13.4. The number of rotatable bonds is 1. The van der Waals surface area contributed by atoms with Crippen molar-refractivity contribution in [3.63, 3.8) is 0 Å². The number of amidine groups is 1. The number of aliphatic imine (C=N–C) groups is 1. The summed E-state index contributed by atoms with van der Waals surface area (Å²) in [6.45, 7) is 0.824. The van der Waals surface area contributed by atoms with Gasteiger partial charge in [0.1, 0.15) is 5.84 Å². The maximum absolute atomic E-state index is 13.4. The largest absolute Gasteiger partial charge is 0.342 e. The van der Waals surface area contributed by atoms with E-state index in [-0.39, 0.29) is 5.02 Å². The lowest BCUT2D eigenvalue weighted by molar-refractivity contribution is 0.632. The molecule has 1 aliphatic rings. The molecule has 0 fully saturated rings. The summed E-state index contributed by atoms with van der Waals surface area (Å²) in [4.78, 5) is 4.20. The van der Waals surface area contributed by atoms with Crippen LogP contribution >= 0.6 is 11.6 Å². The fourth-order valence-corrected chi connectivity index (χ4v) is 1.57. The van der Waals surface area contributed by atoms with Crippen molar-refractivity contribution in [3.05, 3.63) is 29.0 Å². The standard InChI is InChI=1S/C10H10ClFN2/c11-7-3-1-4-8(10(7)12)14-9-5-2-6-13-9/h1,3-4H,2,5-6H2,(H,13,14). The van der Waals surface area contributed by atoms with E-state index in [9.17, 15) is 4.39 Å². The Morgan fingerprint density at radius 2 is 2.29 bits per heavy atom. The zero-order valence-electron chi connectivity index (χ0n) is 7.56. The topological polar surface area (TPSA) is 24.4 Å². The number of hydrogen-bond donors (Lipinski definition) is 1. The van der Waals surface area contributed by atoms with Gasteiger partial charge in [0.2, 0.25) is 0 Å². The molecule has 0 saturated carbocycles. The maximum atomic E-state index is 13.4. The fraction of sp³-hybridized carbons (Fsp3) is 0.300. The highest BCUT2D eigenvalue weighted by molar-refractivity contribution is 6.31. The van der Waals surface area contributed by atoms with Crippen LogP contribution in [0, 0.1) is 5.82 Å². The summed E-state index contributed by atoms with van der Waals surface area (Å²) in [5.74, 6) is 0.426. The molecule has 1 aliphatic heterocycles. The Morgan fingerprint density at radius 1 is 1.43 bits per heavy atom. The lowest BCUT2D eigenvalue weighted by Gasteiger charge is -2.07. The fourth-order valence-electron chi connectivity index (χ4n) is 1.40. The molecule has 0 spiro atoms. The lowest BCUT2D eigenvalue weighted by Crippen LogP contribution is -2.09. The second-order valence-corrected chi connectivity index (χ2v) is 3.57. The van der Waals surface area contributed by atoms with Gasteiger partial charge in [-0.3, -0.25) is 4.99 Å². The van der Waals surface area contributed by atoms with Crippen LogP contribution in [-0.4, -0.2) is 12.4 Å². The Kier molecular flexibility index (Phi) is 2.68.